The molecule has 0 atom stereocenters. The molecular weight excluding hydrogens is 360 g/mol. The lowest BCUT2D eigenvalue weighted by atomic mass is 10.0. The Bertz CT molecular complexity index is 911. The summed E-state index contributed by atoms with van der Waals surface area (Å²) >= 11 is 0. The van der Waals surface area contributed by atoms with Crippen LogP contribution >= 0.6 is 0 Å². The van der Waals surface area contributed by atoms with Crippen LogP contribution in [0.25, 0.3) is 0 Å². The van der Waals surface area contributed by atoms with Gasteiger partial charge in [-0.1, -0.05) is 6.07 Å². The molecule has 7 heteroatoms. The Balaban J connectivity index is 1.70. The third-order valence-electron chi connectivity index (χ3n) is 4.40. The number of carbonyl (C=O) groups excluding carboxylic acids is 2. The number of carboxylic acids is 1. The third kappa shape index (κ3) is 4.88. The summed E-state index contributed by atoms with van der Waals surface area (Å²) in [5.74, 6) is -0.794. The molecule has 0 aromatic heterocycles. The summed E-state index contributed by atoms with van der Waals surface area (Å²) in [5.41, 5.74) is 3.00. The van der Waals surface area contributed by atoms with Gasteiger partial charge in [-0.05, 0) is 68.1 Å². The summed E-state index contributed by atoms with van der Waals surface area (Å²) in [6.45, 7) is 3.08. The van der Waals surface area contributed by atoms with E-state index in [1.54, 1.807) is 50.2 Å². The van der Waals surface area contributed by atoms with Gasteiger partial charge in [-0.3, -0.25) is 9.59 Å². The van der Waals surface area contributed by atoms with Gasteiger partial charge in [-0.2, -0.15) is 0 Å². The molecule has 7 nitrogen and oxygen atoms in total. The first-order chi connectivity index (χ1) is 13.3. The number of aryl methyl sites for hydroxylation is 2. The SMILES string of the molecule is Cc1cc(C(=O)Nc2cccc(NC(=O)C3CC3)c2)cc(C)c1OCC(=O)O. The van der Waals surface area contributed by atoms with Crippen LogP contribution in [0, 0.1) is 19.8 Å². The predicted octanol–water partition coefficient (Wildman–Crippen LogP) is 3.37. The van der Waals surface area contributed by atoms with E-state index in [0.717, 1.165) is 12.8 Å². The van der Waals surface area contributed by atoms with Crippen LogP contribution in [-0.4, -0.2) is 29.5 Å². The molecule has 0 radical (unpaired) electrons. The lowest BCUT2D eigenvalue weighted by Gasteiger charge is -2.13. The maximum atomic E-state index is 12.6. The minimum Gasteiger partial charge on any atom is -0.481 e. The molecule has 28 heavy (non-hydrogen) atoms. The molecule has 1 aliphatic carbocycles. The van der Waals surface area contributed by atoms with E-state index in [0.29, 0.717) is 33.8 Å². The van der Waals surface area contributed by atoms with E-state index in [2.05, 4.69) is 10.6 Å². The lowest BCUT2D eigenvalue weighted by Crippen LogP contribution is -2.15. The zero-order valence-electron chi connectivity index (χ0n) is 15.7. The molecule has 1 saturated carbocycles. The van der Waals surface area contributed by atoms with Gasteiger partial charge in [0, 0.05) is 22.9 Å². The van der Waals surface area contributed by atoms with Crippen molar-refractivity contribution in [2.75, 3.05) is 17.2 Å². The third-order valence-corrected chi connectivity index (χ3v) is 4.40. The number of benzene rings is 2. The summed E-state index contributed by atoms with van der Waals surface area (Å²) in [5, 5.41) is 14.4. The summed E-state index contributed by atoms with van der Waals surface area (Å²) in [6, 6.07) is 10.3. The predicted molar refractivity (Wildman–Crippen MR) is 105 cm³/mol. The fourth-order valence-corrected chi connectivity index (χ4v) is 2.91. The first kappa shape index (κ1) is 19.4. The van der Waals surface area contributed by atoms with E-state index in [1.165, 1.54) is 0 Å². The van der Waals surface area contributed by atoms with Crippen LogP contribution in [-0.2, 0) is 9.59 Å². The molecule has 0 bridgehead atoms. The van der Waals surface area contributed by atoms with Crippen LogP contribution in [0.15, 0.2) is 36.4 Å². The van der Waals surface area contributed by atoms with Crippen LogP contribution in [0.2, 0.25) is 0 Å². The number of hydrogen-bond acceptors (Lipinski definition) is 4. The number of rotatable bonds is 7. The van der Waals surface area contributed by atoms with Gasteiger partial charge in [-0.25, -0.2) is 4.79 Å². The number of amides is 2. The molecule has 2 aromatic carbocycles. The molecule has 1 fully saturated rings. The Morgan fingerprint density at radius 3 is 2.21 bits per heavy atom. The fraction of sp³-hybridized carbons (Fsp3) is 0.286. The highest BCUT2D eigenvalue weighted by atomic mass is 16.5. The van der Waals surface area contributed by atoms with Gasteiger partial charge in [0.25, 0.3) is 5.91 Å². The van der Waals surface area contributed by atoms with Crippen LogP contribution < -0.4 is 15.4 Å². The van der Waals surface area contributed by atoms with Gasteiger partial charge in [0.2, 0.25) is 5.91 Å². The molecule has 2 amide bonds. The van der Waals surface area contributed by atoms with Crippen LogP contribution in [0.4, 0.5) is 11.4 Å². The summed E-state index contributed by atoms with van der Waals surface area (Å²) in [6.07, 6.45) is 1.85. The Morgan fingerprint density at radius 1 is 1.04 bits per heavy atom. The lowest BCUT2D eigenvalue weighted by molar-refractivity contribution is -0.139. The second-order valence-corrected chi connectivity index (χ2v) is 6.92. The topological polar surface area (TPSA) is 105 Å². The van der Waals surface area contributed by atoms with E-state index in [4.69, 9.17) is 9.84 Å². The monoisotopic (exact) mass is 382 g/mol. The van der Waals surface area contributed by atoms with Crippen LogP contribution in [0.3, 0.4) is 0 Å². The number of anilines is 2. The van der Waals surface area contributed by atoms with E-state index in [-0.39, 0.29) is 17.7 Å². The minimum absolute atomic E-state index is 0.00618. The first-order valence-corrected chi connectivity index (χ1v) is 9.01. The van der Waals surface area contributed by atoms with E-state index >= 15 is 0 Å². The van der Waals surface area contributed by atoms with E-state index in [9.17, 15) is 14.4 Å². The quantitative estimate of drug-likeness (QED) is 0.681. The van der Waals surface area contributed by atoms with Crippen molar-refractivity contribution in [1.82, 2.24) is 0 Å². The molecule has 0 aliphatic heterocycles. The maximum Gasteiger partial charge on any atom is 0.341 e. The van der Waals surface area contributed by atoms with E-state index in [1.807, 2.05) is 0 Å². The zero-order valence-corrected chi connectivity index (χ0v) is 15.7. The fourth-order valence-electron chi connectivity index (χ4n) is 2.91. The normalized spacial score (nSPS) is 12.9. The van der Waals surface area contributed by atoms with Crippen molar-refractivity contribution in [2.45, 2.75) is 26.7 Å². The van der Waals surface area contributed by atoms with Crippen molar-refractivity contribution in [2.24, 2.45) is 5.92 Å². The molecule has 0 spiro atoms. The van der Waals surface area contributed by atoms with Gasteiger partial charge in [0.05, 0.1) is 0 Å². The van der Waals surface area contributed by atoms with E-state index < -0.39 is 12.6 Å². The highest BCUT2D eigenvalue weighted by Gasteiger charge is 2.29. The Morgan fingerprint density at radius 2 is 1.64 bits per heavy atom. The summed E-state index contributed by atoms with van der Waals surface area (Å²) < 4.78 is 5.29. The highest BCUT2D eigenvalue weighted by Crippen LogP contribution is 2.30. The standard InChI is InChI=1S/C21H22N2O5/c1-12-8-15(9-13(2)19(12)28-11-18(24)25)21(27)23-17-5-3-4-16(10-17)22-20(26)14-6-7-14/h3-5,8-10,14H,6-7,11H2,1-2H3,(H,22,26)(H,23,27)(H,24,25). The second-order valence-electron chi connectivity index (χ2n) is 6.92. The van der Waals surface area contributed by atoms with Gasteiger partial charge in [0.15, 0.2) is 6.61 Å². The first-order valence-electron chi connectivity index (χ1n) is 9.01. The van der Waals surface area contributed by atoms with Crippen molar-refractivity contribution in [3.8, 4) is 5.75 Å². The average molecular weight is 382 g/mol. The minimum atomic E-state index is -1.06. The van der Waals surface area contributed by atoms with Crippen molar-refractivity contribution < 1.29 is 24.2 Å². The second kappa shape index (κ2) is 8.12. The highest BCUT2D eigenvalue weighted by molar-refractivity contribution is 6.05. The van der Waals surface area contributed by atoms with Crippen LogP contribution in [0.5, 0.6) is 5.75 Å². The molecular formula is C21H22N2O5. The molecule has 0 saturated heterocycles. The molecule has 146 valence electrons. The van der Waals surface area contributed by atoms with Crippen molar-refractivity contribution in [3.63, 3.8) is 0 Å². The molecule has 1 aliphatic rings. The van der Waals surface area contributed by atoms with Gasteiger partial charge in [0.1, 0.15) is 5.75 Å². The number of aliphatic carboxylic acids is 1. The van der Waals surface area contributed by atoms with Gasteiger partial charge in [-0.15, -0.1) is 0 Å². The van der Waals surface area contributed by atoms with Crippen molar-refractivity contribution >= 4 is 29.2 Å². The van der Waals surface area contributed by atoms with Gasteiger partial charge < -0.3 is 20.5 Å². The van der Waals surface area contributed by atoms with Gasteiger partial charge >= 0.3 is 5.97 Å². The molecule has 2 aromatic rings. The Hall–Kier alpha value is -3.35. The van der Waals surface area contributed by atoms with Crippen molar-refractivity contribution in [1.29, 1.82) is 0 Å². The maximum absolute atomic E-state index is 12.6. The van der Waals surface area contributed by atoms with Crippen LogP contribution in [0.1, 0.15) is 34.3 Å². The summed E-state index contributed by atoms with van der Waals surface area (Å²) in [4.78, 5) is 35.2. The number of hydrogen-bond donors (Lipinski definition) is 3. The Labute approximate surface area is 162 Å². The smallest absolute Gasteiger partial charge is 0.341 e. The summed E-state index contributed by atoms with van der Waals surface area (Å²) in [7, 11) is 0. The molecule has 0 unspecified atom stereocenters. The molecule has 3 rings (SSSR count). The average Bonchev–Trinajstić information content (AvgIpc) is 3.46. The largest absolute Gasteiger partial charge is 0.481 e. The van der Waals surface area contributed by atoms with Crippen molar-refractivity contribution in [3.05, 3.63) is 53.1 Å². The number of carbonyl (C=O) groups is 3. The number of ether oxygens (including phenoxy) is 1. The molecule has 0 heterocycles. The Kier molecular flexibility index (Phi) is 5.63. The molecule has 3 N–H and O–H groups in total. The zero-order chi connectivity index (χ0) is 20.3. The number of nitrogens with one attached hydrogen (secondary N) is 2. The number of carboxylic acid groups (broad SMARTS) is 1.